The lowest BCUT2D eigenvalue weighted by Crippen LogP contribution is -2.50. The molecule has 2 heterocycles. The van der Waals surface area contributed by atoms with Crippen LogP contribution in [0, 0.1) is 5.92 Å². The number of fused-ring (bicyclic) bond motifs is 3. The monoisotopic (exact) mass is 420 g/mol. The highest BCUT2D eigenvalue weighted by Crippen LogP contribution is 2.52. The van der Waals surface area contributed by atoms with Crippen LogP contribution in [-0.4, -0.2) is 22.8 Å². The van der Waals surface area contributed by atoms with Crippen LogP contribution in [0.4, 0.5) is 0 Å². The zero-order valence-corrected chi connectivity index (χ0v) is 18.9. The minimum atomic E-state index is -0.917. The van der Waals surface area contributed by atoms with Crippen molar-refractivity contribution < 1.29 is 19.4 Å². The molecule has 0 aromatic heterocycles. The largest absolute Gasteiger partial charge is 0.487 e. The van der Waals surface area contributed by atoms with Gasteiger partial charge in [0.05, 0.1) is 17.8 Å². The molecule has 1 N–H and O–H groups in total. The molecule has 0 aliphatic carbocycles. The van der Waals surface area contributed by atoms with Crippen LogP contribution in [-0.2, 0) is 4.74 Å². The predicted molar refractivity (Wildman–Crippen MR) is 123 cm³/mol. The maximum atomic E-state index is 11.4. The Morgan fingerprint density at radius 1 is 1.16 bits per heavy atom. The molecule has 1 saturated heterocycles. The van der Waals surface area contributed by atoms with Crippen molar-refractivity contribution in [1.29, 1.82) is 0 Å². The lowest BCUT2D eigenvalue weighted by Gasteiger charge is -2.50. The van der Waals surface area contributed by atoms with E-state index >= 15 is 0 Å². The molecule has 0 unspecified atom stereocenters. The normalized spacial score (nSPS) is 26.9. The lowest BCUT2D eigenvalue weighted by molar-refractivity contribution is -0.151. The zero-order valence-electron chi connectivity index (χ0n) is 18.9. The minimum absolute atomic E-state index is 0.00758. The number of benzene rings is 2. The molecule has 0 radical (unpaired) electrons. The molecule has 2 aromatic carbocycles. The van der Waals surface area contributed by atoms with Crippen LogP contribution in [0.3, 0.4) is 0 Å². The van der Waals surface area contributed by atoms with Gasteiger partial charge in [0, 0.05) is 11.5 Å². The Bertz CT molecular complexity index is 1000. The SMILES string of the molecule is CC(C)=CCC[C@]1(C)Oc2ccc(-c3cccc(C(=O)O)c3)cc2[C@@H]2O[C@H](C)CC[C@H]21. The first kappa shape index (κ1) is 21.6. The van der Waals surface area contributed by atoms with Gasteiger partial charge in [-0.1, -0.05) is 29.8 Å². The van der Waals surface area contributed by atoms with Crippen LogP contribution in [0.5, 0.6) is 5.75 Å². The third kappa shape index (κ3) is 4.40. The number of carbonyl (C=O) groups is 1. The quantitative estimate of drug-likeness (QED) is 0.540. The second kappa shape index (κ2) is 8.51. The van der Waals surface area contributed by atoms with Gasteiger partial charge in [0.15, 0.2) is 0 Å². The van der Waals surface area contributed by atoms with Crippen LogP contribution in [0.25, 0.3) is 11.1 Å². The first-order chi connectivity index (χ1) is 14.8. The molecule has 0 spiro atoms. The molecule has 4 heteroatoms. The summed E-state index contributed by atoms with van der Waals surface area (Å²) >= 11 is 0. The maximum absolute atomic E-state index is 11.4. The van der Waals surface area contributed by atoms with E-state index in [1.807, 2.05) is 18.2 Å². The average Bonchev–Trinajstić information content (AvgIpc) is 2.73. The molecule has 4 rings (SSSR count). The second-order valence-electron chi connectivity index (χ2n) is 9.42. The van der Waals surface area contributed by atoms with E-state index in [0.29, 0.717) is 11.5 Å². The van der Waals surface area contributed by atoms with E-state index in [1.165, 1.54) is 5.57 Å². The molecule has 164 valence electrons. The molecule has 4 nitrogen and oxygen atoms in total. The van der Waals surface area contributed by atoms with Crippen molar-refractivity contribution in [3.05, 3.63) is 65.2 Å². The summed E-state index contributed by atoms with van der Waals surface area (Å²) in [4.78, 5) is 11.4. The number of rotatable bonds is 5. The zero-order chi connectivity index (χ0) is 22.2. The standard InChI is InChI=1S/C27H32O4/c1-17(2)7-6-14-27(4)23-12-10-18(3)30-25(23)22-16-20(11-13-24(22)31-27)19-8-5-9-21(15-19)26(28)29/h5,7-9,11,13,15-16,18,23,25H,6,10,12,14H2,1-4H3,(H,28,29)/t18-,23-,25+,27+/m1/s1. The highest BCUT2D eigenvalue weighted by molar-refractivity contribution is 5.89. The van der Waals surface area contributed by atoms with Crippen molar-refractivity contribution in [3.63, 3.8) is 0 Å². The molecule has 0 saturated carbocycles. The highest BCUT2D eigenvalue weighted by Gasteiger charge is 2.49. The van der Waals surface area contributed by atoms with E-state index in [-0.39, 0.29) is 17.8 Å². The Balaban J connectivity index is 1.71. The molecule has 4 atom stereocenters. The molecule has 0 bridgehead atoms. The molecule has 0 amide bonds. The Morgan fingerprint density at radius 2 is 1.94 bits per heavy atom. The Labute approximate surface area is 184 Å². The Hall–Kier alpha value is -2.59. The fourth-order valence-electron chi connectivity index (χ4n) is 4.98. The smallest absolute Gasteiger partial charge is 0.335 e. The number of carboxylic acids is 1. The van der Waals surface area contributed by atoms with Crippen LogP contribution >= 0.6 is 0 Å². The Kier molecular flexibility index (Phi) is 5.94. The van der Waals surface area contributed by atoms with Crippen molar-refractivity contribution in [3.8, 4) is 16.9 Å². The van der Waals surface area contributed by atoms with E-state index in [0.717, 1.165) is 48.1 Å². The molecule has 31 heavy (non-hydrogen) atoms. The summed E-state index contributed by atoms with van der Waals surface area (Å²) in [5, 5.41) is 9.35. The first-order valence-corrected chi connectivity index (χ1v) is 11.2. The van der Waals surface area contributed by atoms with Gasteiger partial charge >= 0.3 is 5.97 Å². The average molecular weight is 421 g/mol. The summed E-state index contributed by atoms with van der Waals surface area (Å²) in [6.07, 6.45) is 6.56. The van der Waals surface area contributed by atoms with E-state index in [9.17, 15) is 9.90 Å². The second-order valence-corrected chi connectivity index (χ2v) is 9.42. The van der Waals surface area contributed by atoms with Gasteiger partial charge in [-0.3, -0.25) is 0 Å². The lowest BCUT2D eigenvalue weighted by atomic mass is 9.72. The summed E-state index contributed by atoms with van der Waals surface area (Å²) in [7, 11) is 0. The molecular weight excluding hydrogens is 388 g/mol. The van der Waals surface area contributed by atoms with Crippen LogP contribution < -0.4 is 4.74 Å². The summed E-state index contributed by atoms with van der Waals surface area (Å²) in [5.74, 6) is 0.260. The van der Waals surface area contributed by atoms with E-state index in [1.54, 1.807) is 18.2 Å². The van der Waals surface area contributed by atoms with Crippen molar-refractivity contribution in [2.24, 2.45) is 5.92 Å². The molecule has 2 aliphatic heterocycles. The summed E-state index contributed by atoms with van der Waals surface area (Å²) in [5.41, 5.74) is 4.31. The molecule has 2 aliphatic rings. The summed E-state index contributed by atoms with van der Waals surface area (Å²) in [6, 6.07) is 13.2. The summed E-state index contributed by atoms with van der Waals surface area (Å²) in [6.45, 7) is 8.64. The first-order valence-electron chi connectivity index (χ1n) is 11.2. The topological polar surface area (TPSA) is 55.8 Å². The highest BCUT2D eigenvalue weighted by atomic mass is 16.5. The predicted octanol–water partition coefficient (Wildman–Crippen LogP) is 6.81. The van der Waals surface area contributed by atoms with Gasteiger partial charge in [0.25, 0.3) is 0 Å². The third-order valence-electron chi connectivity index (χ3n) is 6.71. The van der Waals surface area contributed by atoms with Crippen LogP contribution in [0.15, 0.2) is 54.1 Å². The number of carboxylic acid groups (broad SMARTS) is 1. The van der Waals surface area contributed by atoms with Crippen LogP contribution in [0.1, 0.15) is 75.4 Å². The van der Waals surface area contributed by atoms with Gasteiger partial charge in [-0.25, -0.2) is 4.79 Å². The van der Waals surface area contributed by atoms with Gasteiger partial charge in [-0.15, -0.1) is 0 Å². The van der Waals surface area contributed by atoms with E-state index in [4.69, 9.17) is 9.47 Å². The third-order valence-corrected chi connectivity index (χ3v) is 6.71. The number of allylic oxidation sites excluding steroid dienone is 2. The number of hydrogen-bond donors (Lipinski definition) is 1. The number of hydrogen-bond acceptors (Lipinski definition) is 3. The number of aromatic carboxylic acids is 1. The van der Waals surface area contributed by atoms with Crippen molar-refractivity contribution >= 4 is 5.97 Å². The molecule has 2 aromatic rings. The van der Waals surface area contributed by atoms with Gasteiger partial charge in [-0.05, 0) is 88.8 Å². The van der Waals surface area contributed by atoms with Gasteiger partial charge in [0.1, 0.15) is 11.4 Å². The van der Waals surface area contributed by atoms with Crippen molar-refractivity contribution in [1.82, 2.24) is 0 Å². The van der Waals surface area contributed by atoms with Gasteiger partial charge in [0.2, 0.25) is 0 Å². The van der Waals surface area contributed by atoms with Crippen LogP contribution in [0.2, 0.25) is 0 Å². The number of ether oxygens (including phenoxy) is 2. The minimum Gasteiger partial charge on any atom is -0.487 e. The van der Waals surface area contributed by atoms with E-state index < -0.39 is 5.97 Å². The van der Waals surface area contributed by atoms with E-state index in [2.05, 4.69) is 39.8 Å². The molecular formula is C27H32O4. The van der Waals surface area contributed by atoms with Gasteiger partial charge in [-0.2, -0.15) is 0 Å². The van der Waals surface area contributed by atoms with Gasteiger partial charge < -0.3 is 14.6 Å². The fraction of sp³-hybridized carbons (Fsp3) is 0.444. The van der Waals surface area contributed by atoms with Crippen molar-refractivity contribution in [2.45, 2.75) is 71.2 Å². The fourth-order valence-corrected chi connectivity index (χ4v) is 4.98. The van der Waals surface area contributed by atoms with Crippen molar-refractivity contribution in [2.75, 3.05) is 0 Å². The summed E-state index contributed by atoms with van der Waals surface area (Å²) < 4.78 is 13.2. The Morgan fingerprint density at radius 3 is 2.68 bits per heavy atom. The maximum Gasteiger partial charge on any atom is 0.335 e. The molecule has 1 fully saturated rings.